The van der Waals surface area contributed by atoms with Gasteiger partial charge in [0.15, 0.2) is 0 Å². The molecule has 0 aliphatic carbocycles. The van der Waals surface area contributed by atoms with Crippen LogP contribution < -0.4 is 26.2 Å². The lowest BCUT2D eigenvalue weighted by Crippen LogP contribution is -2.24. The molecule has 4 aromatic carbocycles. The van der Waals surface area contributed by atoms with Crippen molar-refractivity contribution in [1.82, 2.24) is 15.6 Å². The van der Waals surface area contributed by atoms with Gasteiger partial charge in [0.1, 0.15) is 12.4 Å². The summed E-state index contributed by atoms with van der Waals surface area (Å²) in [5.74, 6) is 0.579. The van der Waals surface area contributed by atoms with Crippen LogP contribution in [0.25, 0.3) is 10.9 Å². The number of aliphatic hydroxyl groups is 1. The summed E-state index contributed by atoms with van der Waals surface area (Å²) < 4.78 is 6.03. The van der Waals surface area contributed by atoms with Gasteiger partial charge in [0.25, 0.3) is 0 Å². The first-order valence-electron chi connectivity index (χ1n) is 14.4. The Labute approximate surface area is 246 Å². The lowest BCUT2D eigenvalue weighted by Gasteiger charge is -2.18. The predicted molar refractivity (Wildman–Crippen MR) is 170 cm³/mol. The number of aliphatic hydroxyl groups excluding tert-OH is 1. The molecule has 5 N–H and O–H groups in total. The lowest BCUT2D eigenvalue weighted by atomic mass is 10.0. The molecule has 0 aliphatic rings. The van der Waals surface area contributed by atoms with Gasteiger partial charge in [-0.2, -0.15) is 0 Å². The second-order valence-electron chi connectivity index (χ2n) is 10.3. The second-order valence-corrected chi connectivity index (χ2v) is 10.3. The molecule has 0 saturated carbocycles. The maximum absolute atomic E-state index is 12.1. The topological polar surface area (TPSA) is 98.4 Å². The van der Waals surface area contributed by atoms with Crippen LogP contribution in [0.5, 0.6) is 5.75 Å². The molecule has 7 heteroatoms. The van der Waals surface area contributed by atoms with Crippen molar-refractivity contribution < 1.29 is 9.84 Å². The Morgan fingerprint density at radius 1 is 0.810 bits per heavy atom. The number of aromatic nitrogens is 1. The van der Waals surface area contributed by atoms with Gasteiger partial charge in [0.05, 0.1) is 11.6 Å². The monoisotopic (exact) mass is 562 g/mol. The second kappa shape index (κ2) is 14.5. The number of ether oxygens (including phenoxy) is 1. The summed E-state index contributed by atoms with van der Waals surface area (Å²) in [6.45, 7) is 2.30. The van der Waals surface area contributed by atoms with Gasteiger partial charge in [-0.1, -0.05) is 78.9 Å². The van der Waals surface area contributed by atoms with Crippen LogP contribution in [0.15, 0.2) is 114 Å². The zero-order chi connectivity index (χ0) is 29.1. The van der Waals surface area contributed by atoms with Gasteiger partial charge in [-0.3, -0.25) is 4.79 Å². The quantitative estimate of drug-likeness (QED) is 0.117. The maximum Gasteiger partial charge on any atom is 0.248 e. The fourth-order valence-electron chi connectivity index (χ4n) is 5.06. The summed E-state index contributed by atoms with van der Waals surface area (Å²) >= 11 is 0. The van der Waals surface area contributed by atoms with Crippen LogP contribution >= 0.6 is 0 Å². The van der Waals surface area contributed by atoms with E-state index in [9.17, 15) is 9.90 Å². The van der Waals surface area contributed by atoms with Crippen molar-refractivity contribution in [2.24, 2.45) is 0 Å². The van der Waals surface area contributed by atoms with Crippen LogP contribution in [0.2, 0.25) is 0 Å². The molecule has 5 rings (SSSR count). The molecule has 2 atom stereocenters. The minimum absolute atomic E-state index is 0.212. The Morgan fingerprint density at radius 2 is 1.55 bits per heavy atom. The lowest BCUT2D eigenvalue weighted by molar-refractivity contribution is 0.176. The van der Waals surface area contributed by atoms with Crippen molar-refractivity contribution in [3.63, 3.8) is 0 Å². The number of anilines is 1. The highest BCUT2D eigenvalue weighted by molar-refractivity contribution is 5.87. The number of rotatable bonds is 14. The summed E-state index contributed by atoms with van der Waals surface area (Å²) in [6.07, 6.45) is 0.106. The minimum atomic E-state index is -0.738. The van der Waals surface area contributed by atoms with E-state index in [0.717, 1.165) is 41.7 Å². The van der Waals surface area contributed by atoms with Crippen LogP contribution in [-0.2, 0) is 13.0 Å². The predicted octanol–water partition coefficient (Wildman–Crippen LogP) is 5.35. The fourth-order valence-corrected chi connectivity index (χ4v) is 5.06. The molecule has 7 nitrogen and oxygen atoms in total. The SMILES string of the molecule is CNC(CNc1ccc(CCNC[C@H](O)c2ccc(OCc3ccccc3)c3[nH]c(=O)ccc23)cc1)c1ccccc1. The van der Waals surface area contributed by atoms with E-state index in [0.29, 0.717) is 24.4 Å². The summed E-state index contributed by atoms with van der Waals surface area (Å²) in [5.41, 5.74) is 5.72. The minimum Gasteiger partial charge on any atom is -0.487 e. The molecule has 0 spiro atoms. The number of benzene rings is 4. The van der Waals surface area contributed by atoms with Crippen LogP contribution in [0.1, 0.15) is 34.4 Å². The third-order valence-electron chi connectivity index (χ3n) is 7.43. The average molecular weight is 563 g/mol. The maximum atomic E-state index is 12.1. The van der Waals surface area contributed by atoms with Crippen LogP contribution in [0.3, 0.4) is 0 Å². The number of nitrogens with one attached hydrogen (secondary N) is 4. The number of hydrogen-bond acceptors (Lipinski definition) is 6. The molecule has 216 valence electrons. The molecule has 1 unspecified atom stereocenters. The molecule has 0 fully saturated rings. The molecule has 0 radical (unpaired) electrons. The molecular weight excluding hydrogens is 524 g/mol. The first-order chi connectivity index (χ1) is 20.6. The summed E-state index contributed by atoms with van der Waals surface area (Å²) in [4.78, 5) is 15.0. The molecule has 42 heavy (non-hydrogen) atoms. The Hall–Kier alpha value is -4.43. The van der Waals surface area contributed by atoms with E-state index in [-0.39, 0.29) is 11.6 Å². The molecule has 1 aromatic heterocycles. The van der Waals surface area contributed by atoms with Crippen molar-refractivity contribution in [2.75, 3.05) is 32.0 Å². The van der Waals surface area contributed by atoms with E-state index in [1.807, 2.05) is 55.6 Å². The Balaban J connectivity index is 1.13. The number of H-pyrrole nitrogens is 1. The first-order valence-corrected chi connectivity index (χ1v) is 14.4. The molecule has 1 heterocycles. The number of aromatic amines is 1. The van der Waals surface area contributed by atoms with Gasteiger partial charge in [0, 0.05) is 36.3 Å². The molecule has 0 amide bonds. The van der Waals surface area contributed by atoms with E-state index in [2.05, 4.69) is 69.5 Å². The van der Waals surface area contributed by atoms with Crippen molar-refractivity contribution in [1.29, 1.82) is 0 Å². The van der Waals surface area contributed by atoms with Crippen molar-refractivity contribution in [3.8, 4) is 5.75 Å². The van der Waals surface area contributed by atoms with Crippen LogP contribution in [0, 0.1) is 0 Å². The molecule has 0 saturated heterocycles. The van der Waals surface area contributed by atoms with Crippen molar-refractivity contribution >= 4 is 16.6 Å². The van der Waals surface area contributed by atoms with Gasteiger partial charge in [-0.15, -0.1) is 0 Å². The zero-order valence-electron chi connectivity index (χ0n) is 23.8. The highest BCUT2D eigenvalue weighted by atomic mass is 16.5. The van der Waals surface area contributed by atoms with Gasteiger partial charge >= 0.3 is 0 Å². The Kier molecular flexibility index (Phi) is 10.0. The highest BCUT2D eigenvalue weighted by Gasteiger charge is 2.15. The van der Waals surface area contributed by atoms with Gasteiger partial charge in [-0.05, 0) is 66.5 Å². The van der Waals surface area contributed by atoms with Gasteiger partial charge in [-0.25, -0.2) is 0 Å². The molecule has 0 aliphatic heterocycles. The highest BCUT2D eigenvalue weighted by Crippen LogP contribution is 2.30. The van der Waals surface area contributed by atoms with Crippen molar-refractivity contribution in [3.05, 3.63) is 142 Å². The third kappa shape index (κ3) is 7.64. The Morgan fingerprint density at radius 3 is 2.29 bits per heavy atom. The van der Waals surface area contributed by atoms with E-state index in [1.54, 1.807) is 6.07 Å². The normalized spacial score (nSPS) is 12.6. The molecular formula is C35H38N4O3. The van der Waals surface area contributed by atoms with E-state index in [1.165, 1.54) is 17.2 Å². The van der Waals surface area contributed by atoms with E-state index >= 15 is 0 Å². The van der Waals surface area contributed by atoms with Gasteiger partial charge in [0.2, 0.25) is 5.56 Å². The third-order valence-corrected chi connectivity index (χ3v) is 7.43. The zero-order valence-corrected chi connectivity index (χ0v) is 23.8. The van der Waals surface area contributed by atoms with Crippen LogP contribution in [0.4, 0.5) is 5.69 Å². The number of hydrogen-bond donors (Lipinski definition) is 5. The number of fused-ring (bicyclic) bond motifs is 1. The number of likely N-dealkylation sites (N-methyl/N-ethyl adjacent to an activating group) is 1. The first kappa shape index (κ1) is 29.1. The Bertz CT molecular complexity index is 1610. The number of pyridine rings is 1. The standard InChI is InChI=1S/C35H38N4O3/c1-36-31(27-10-6-3-7-11-27)22-38-28-14-12-25(13-15-28)20-21-37-23-32(40)29-16-18-33(35-30(29)17-19-34(41)39-35)42-24-26-8-4-2-5-9-26/h2-19,31-32,36-38,40H,20-24H2,1H3,(H,39,41)/t31?,32-/m0/s1. The summed E-state index contributed by atoms with van der Waals surface area (Å²) in [5, 5.41) is 22.0. The van der Waals surface area contributed by atoms with E-state index in [4.69, 9.17) is 4.74 Å². The smallest absolute Gasteiger partial charge is 0.248 e. The average Bonchev–Trinajstić information content (AvgIpc) is 3.03. The molecule has 5 aromatic rings. The van der Waals surface area contributed by atoms with Crippen molar-refractivity contribution in [2.45, 2.75) is 25.2 Å². The van der Waals surface area contributed by atoms with E-state index < -0.39 is 6.10 Å². The molecule has 0 bridgehead atoms. The van der Waals surface area contributed by atoms with Gasteiger partial charge < -0.3 is 30.8 Å². The fraction of sp³-hybridized carbons (Fsp3) is 0.229. The largest absolute Gasteiger partial charge is 0.487 e. The van der Waals surface area contributed by atoms with Crippen LogP contribution in [-0.4, -0.2) is 36.8 Å². The summed E-state index contributed by atoms with van der Waals surface area (Å²) in [6, 6.07) is 35.9. The summed E-state index contributed by atoms with van der Waals surface area (Å²) in [7, 11) is 1.98.